The molecule has 1 atom stereocenters. The highest BCUT2D eigenvalue weighted by atomic mass is 35.5. The van der Waals surface area contributed by atoms with Crippen LogP contribution in [0.15, 0.2) is 0 Å². The summed E-state index contributed by atoms with van der Waals surface area (Å²) in [4.78, 5) is 12.0. The van der Waals surface area contributed by atoms with Gasteiger partial charge < -0.3 is 10.6 Å². The Hall–Kier alpha value is -0.440. The largest absolute Gasteiger partial charge is 0.351 e. The number of alkyl halides is 1. The molecule has 0 bridgehead atoms. The fraction of sp³-hybridized carbons (Fsp3) is 0.800. The van der Waals surface area contributed by atoms with Crippen molar-refractivity contribution < 1.29 is 4.79 Å². The van der Waals surface area contributed by atoms with E-state index < -0.39 is 0 Å². The standard InChI is InChI=1S/C5H9ClN2O/c6-4-1-2-8(3-4)5(7)9/h4H,1-3H2,(H2,7,9). The highest BCUT2D eigenvalue weighted by Crippen LogP contribution is 2.13. The molecule has 2 N–H and O–H groups in total. The summed E-state index contributed by atoms with van der Waals surface area (Å²) in [5.41, 5.74) is 4.99. The smallest absolute Gasteiger partial charge is 0.314 e. The molecule has 0 aliphatic carbocycles. The molecule has 0 saturated carbocycles. The molecule has 3 nitrogen and oxygen atoms in total. The molecule has 1 fully saturated rings. The monoisotopic (exact) mass is 148 g/mol. The van der Waals surface area contributed by atoms with E-state index in [1.165, 1.54) is 0 Å². The second-order valence-corrected chi connectivity index (χ2v) is 2.79. The van der Waals surface area contributed by atoms with Crippen molar-refractivity contribution in [2.24, 2.45) is 5.73 Å². The van der Waals surface area contributed by atoms with Gasteiger partial charge in [0.15, 0.2) is 0 Å². The lowest BCUT2D eigenvalue weighted by Gasteiger charge is -2.09. The maximum atomic E-state index is 10.4. The van der Waals surface area contributed by atoms with Crippen molar-refractivity contribution in [1.82, 2.24) is 4.90 Å². The van der Waals surface area contributed by atoms with E-state index >= 15 is 0 Å². The van der Waals surface area contributed by atoms with Crippen molar-refractivity contribution in [3.63, 3.8) is 0 Å². The molecular weight excluding hydrogens is 140 g/mol. The third-order valence-electron chi connectivity index (χ3n) is 1.44. The molecule has 0 radical (unpaired) electrons. The van der Waals surface area contributed by atoms with Crippen molar-refractivity contribution in [3.8, 4) is 0 Å². The highest BCUT2D eigenvalue weighted by molar-refractivity contribution is 6.21. The van der Waals surface area contributed by atoms with E-state index in [9.17, 15) is 4.79 Å². The zero-order chi connectivity index (χ0) is 6.85. The number of amides is 2. The van der Waals surface area contributed by atoms with Gasteiger partial charge in [0, 0.05) is 13.1 Å². The number of nitrogens with two attached hydrogens (primary N) is 1. The molecule has 9 heavy (non-hydrogen) atoms. The van der Waals surface area contributed by atoms with Crippen molar-refractivity contribution in [1.29, 1.82) is 0 Å². The number of carbonyl (C=O) groups is 1. The lowest BCUT2D eigenvalue weighted by Crippen LogP contribution is -2.33. The van der Waals surface area contributed by atoms with E-state index in [2.05, 4.69) is 0 Å². The third kappa shape index (κ3) is 1.48. The molecule has 0 aromatic heterocycles. The Bertz CT molecular complexity index is 128. The predicted octanol–water partition coefficient (Wildman–Crippen LogP) is 0.378. The lowest BCUT2D eigenvalue weighted by molar-refractivity contribution is 0.218. The van der Waals surface area contributed by atoms with Crippen LogP contribution >= 0.6 is 11.6 Å². The summed E-state index contributed by atoms with van der Waals surface area (Å²) < 4.78 is 0. The average Bonchev–Trinajstić information content (AvgIpc) is 2.14. The minimum atomic E-state index is -0.363. The second kappa shape index (κ2) is 2.43. The molecule has 1 aliphatic rings. The van der Waals surface area contributed by atoms with Crippen LogP contribution in [0.2, 0.25) is 0 Å². The molecular formula is C5H9ClN2O. The van der Waals surface area contributed by atoms with Gasteiger partial charge in [-0.25, -0.2) is 4.79 Å². The first-order valence-electron chi connectivity index (χ1n) is 2.88. The number of carbonyl (C=O) groups excluding carboxylic acids is 1. The Balaban J connectivity index is 2.39. The number of nitrogens with zero attached hydrogens (tertiary/aromatic N) is 1. The third-order valence-corrected chi connectivity index (χ3v) is 1.80. The number of urea groups is 1. The highest BCUT2D eigenvalue weighted by Gasteiger charge is 2.22. The molecule has 1 saturated heterocycles. The van der Waals surface area contributed by atoms with Crippen LogP contribution in [0.5, 0.6) is 0 Å². The Morgan fingerprint density at radius 3 is 2.67 bits per heavy atom. The van der Waals surface area contributed by atoms with Crippen LogP contribution in [0.1, 0.15) is 6.42 Å². The molecule has 52 valence electrons. The quantitative estimate of drug-likeness (QED) is 0.496. The summed E-state index contributed by atoms with van der Waals surface area (Å²) in [6.45, 7) is 1.32. The first-order chi connectivity index (χ1) is 4.20. The topological polar surface area (TPSA) is 46.3 Å². The summed E-state index contributed by atoms with van der Waals surface area (Å²) in [7, 11) is 0. The van der Waals surface area contributed by atoms with Gasteiger partial charge >= 0.3 is 6.03 Å². The van der Waals surface area contributed by atoms with Gasteiger partial charge in [-0.3, -0.25) is 0 Å². The minimum absolute atomic E-state index is 0.109. The minimum Gasteiger partial charge on any atom is -0.351 e. The summed E-state index contributed by atoms with van der Waals surface area (Å²) in [5, 5.41) is 0.109. The zero-order valence-corrected chi connectivity index (χ0v) is 5.77. The summed E-state index contributed by atoms with van der Waals surface area (Å²) in [6.07, 6.45) is 0.866. The van der Waals surface area contributed by atoms with Gasteiger partial charge in [0.2, 0.25) is 0 Å². The lowest BCUT2D eigenvalue weighted by atomic mass is 10.4. The van der Waals surface area contributed by atoms with E-state index in [0.29, 0.717) is 13.1 Å². The maximum absolute atomic E-state index is 10.4. The van der Waals surface area contributed by atoms with Gasteiger partial charge in [0.25, 0.3) is 0 Å². The van der Waals surface area contributed by atoms with Gasteiger partial charge in [-0.1, -0.05) is 0 Å². The maximum Gasteiger partial charge on any atom is 0.314 e. The average molecular weight is 149 g/mol. The molecule has 1 heterocycles. The molecule has 2 amide bonds. The molecule has 1 unspecified atom stereocenters. The normalized spacial score (nSPS) is 26.8. The predicted molar refractivity (Wildman–Crippen MR) is 35.4 cm³/mol. The van der Waals surface area contributed by atoms with E-state index in [1.807, 2.05) is 0 Å². The Labute approximate surface area is 58.8 Å². The number of primary amides is 1. The first kappa shape index (κ1) is 6.68. The van der Waals surface area contributed by atoms with Gasteiger partial charge in [-0.2, -0.15) is 0 Å². The van der Waals surface area contributed by atoms with Crippen molar-refractivity contribution in [3.05, 3.63) is 0 Å². The van der Waals surface area contributed by atoms with Crippen LogP contribution < -0.4 is 5.73 Å². The van der Waals surface area contributed by atoms with Crippen LogP contribution in [0.4, 0.5) is 4.79 Å². The number of likely N-dealkylation sites (tertiary alicyclic amines) is 1. The Morgan fingerprint density at radius 2 is 2.44 bits per heavy atom. The van der Waals surface area contributed by atoms with Crippen LogP contribution in [-0.4, -0.2) is 29.4 Å². The van der Waals surface area contributed by atoms with E-state index in [-0.39, 0.29) is 11.4 Å². The second-order valence-electron chi connectivity index (χ2n) is 2.17. The van der Waals surface area contributed by atoms with Gasteiger partial charge in [-0.15, -0.1) is 11.6 Å². The number of hydrogen-bond donors (Lipinski definition) is 1. The fourth-order valence-electron chi connectivity index (χ4n) is 0.918. The zero-order valence-electron chi connectivity index (χ0n) is 5.01. The van der Waals surface area contributed by atoms with Crippen LogP contribution in [0.25, 0.3) is 0 Å². The summed E-state index contributed by atoms with van der Waals surface area (Å²) in [6, 6.07) is -0.363. The summed E-state index contributed by atoms with van der Waals surface area (Å²) >= 11 is 5.70. The molecule has 0 aromatic carbocycles. The van der Waals surface area contributed by atoms with Gasteiger partial charge in [-0.05, 0) is 6.42 Å². The molecule has 1 rings (SSSR count). The first-order valence-corrected chi connectivity index (χ1v) is 3.32. The van der Waals surface area contributed by atoms with Gasteiger partial charge in [0.1, 0.15) is 0 Å². The molecule has 4 heteroatoms. The van der Waals surface area contributed by atoms with Crippen LogP contribution in [0.3, 0.4) is 0 Å². The number of rotatable bonds is 0. The molecule has 0 aromatic rings. The van der Waals surface area contributed by atoms with Crippen molar-refractivity contribution in [2.45, 2.75) is 11.8 Å². The van der Waals surface area contributed by atoms with E-state index in [0.717, 1.165) is 6.42 Å². The number of hydrogen-bond acceptors (Lipinski definition) is 1. The fourth-order valence-corrected chi connectivity index (χ4v) is 1.18. The number of halogens is 1. The Kier molecular flexibility index (Phi) is 1.81. The van der Waals surface area contributed by atoms with E-state index in [4.69, 9.17) is 17.3 Å². The van der Waals surface area contributed by atoms with Crippen LogP contribution in [-0.2, 0) is 0 Å². The van der Waals surface area contributed by atoms with Crippen LogP contribution in [0, 0.1) is 0 Å². The Morgan fingerprint density at radius 1 is 1.78 bits per heavy atom. The van der Waals surface area contributed by atoms with E-state index in [1.54, 1.807) is 4.90 Å². The summed E-state index contributed by atoms with van der Waals surface area (Å²) in [5.74, 6) is 0. The molecule has 0 spiro atoms. The molecule has 1 aliphatic heterocycles. The van der Waals surface area contributed by atoms with Gasteiger partial charge in [0.05, 0.1) is 5.38 Å². The SMILES string of the molecule is NC(=O)N1CCC(Cl)C1. The van der Waals surface area contributed by atoms with Crippen molar-refractivity contribution in [2.75, 3.05) is 13.1 Å². The van der Waals surface area contributed by atoms with Crippen molar-refractivity contribution >= 4 is 17.6 Å².